The van der Waals surface area contributed by atoms with Gasteiger partial charge in [0, 0.05) is 23.0 Å². The number of H-pyrrole nitrogens is 2. The minimum atomic E-state index is -1.30. The average Bonchev–Trinajstić information content (AvgIpc) is 3.95. The van der Waals surface area contributed by atoms with Gasteiger partial charge < -0.3 is 19.7 Å². The van der Waals surface area contributed by atoms with Crippen molar-refractivity contribution in [1.29, 1.82) is 0 Å². The Morgan fingerprint density at radius 1 is 0.661 bits per heavy atom. The van der Waals surface area contributed by atoms with Gasteiger partial charge in [-0.15, -0.1) is 40.9 Å². The minimum absolute atomic E-state index is 0.0683. The van der Waals surface area contributed by atoms with Crippen molar-refractivity contribution in [3.63, 3.8) is 0 Å². The Labute approximate surface area is 338 Å². The molecule has 0 aliphatic carbocycles. The fourth-order valence-corrected chi connectivity index (χ4v) is 6.82. The lowest BCUT2D eigenvalue weighted by Crippen LogP contribution is -2.15. The van der Waals surface area contributed by atoms with Gasteiger partial charge in [0.05, 0.1) is 40.3 Å². The van der Waals surface area contributed by atoms with Gasteiger partial charge in [0.1, 0.15) is 21.5 Å². The summed E-state index contributed by atoms with van der Waals surface area (Å²) in [5.41, 5.74) is -2.28. The Bertz CT molecular complexity index is 2610. The van der Waals surface area contributed by atoms with Gasteiger partial charge in [0.25, 0.3) is 34.3 Å². The number of aromatic nitrogens is 8. The largest absolute Gasteiger partial charge is 0.478 e. The highest BCUT2D eigenvalue weighted by Gasteiger charge is 2.28. The Balaban J connectivity index is 1.23. The van der Waals surface area contributed by atoms with Crippen LogP contribution in [0.25, 0.3) is 11.4 Å². The predicted octanol–water partition coefficient (Wildman–Crippen LogP) is 5.83. The summed E-state index contributed by atoms with van der Waals surface area (Å²) >= 11 is 2.14. The van der Waals surface area contributed by atoms with E-state index >= 15 is 0 Å². The quantitative estimate of drug-likeness (QED) is 0.0741. The highest BCUT2D eigenvalue weighted by molar-refractivity contribution is 7.16. The molecule has 4 heterocycles. The molecule has 0 aliphatic heterocycles. The monoisotopic (exact) mass is 844 g/mol. The molecule has 6 rings (SSSR count). The molecule has 2 aromatic carbocycles. The van der Waals surface area contributed by atoms with E-state index in [0.717, 1.165) is 44.2 Å². The highest BCUT2D eigenvalue weighted by Crippen LogP contribution is 2.33. The normalized spacial score (nSPS) is 12.0. The van der Waals surface area contributed by atoms with Gasteiger partial charge in [-0.3, -0.25) is 29.4 Å². The van der Waals surface area contributed by atoms with Crippen molar-refractivity contribution in [2.75, 3.05) is 0 Å². The predicted molar refractivity (Wildman–Crippen MR) is 208 cm³/mol. The molecule has 0 unspecified atom stereocenters. The number of nitrogens with one attached hydrogen (secondary N) is 2. The molecular formula is C35H32N12O10S2. The van der Waals surface area contributed by atoms with Gasteiger partial charge in [0.15, 0.2) is 11.4 Å². The zero-order chi connectivity index (χ0) is 42.8. The molecule has 0 radical (unpaired) electrons. The summed E-state index contributed by atoms with van der Waals surface area (Å²) in [6.45, 7) is 11.3. The number of nitrogens with zero attached hydrogens (tertiary/aromatic N) is 10. The zero-order valence-electron chi connectivity index (χ0n) is 31.8. The number of benzene rings is 2. The number of ether oxygens (including phenoxy) is 2. The van der Waals surface area contributed by atoms with Gasteiger partial charge in [-0.05, 0) is 24.3 Å². The van der Waals surface area contributed by atoms with Crippen LogP contribution in [0.2, 0.25) is 0 Å². The van der Waals surface area contributed by atoms with Crippen molar-refractivity contribution in [3.8, 4) is 22.9 Å². The summed E-state index contributed by atoms with van der Waals surface area (Å²) < 4.78 is 11.9. The van der Waals surface area contributed by atoms with E-state index in [9.17, 15) is 39.0 Å². The molecule has 304 valence electrons. The Kier molecular flexibility index (Phi) is 11.4. The van der Waals surface area contributed by atoms with Gasteiger partial charge in [-0.2, -0.15) is 0 Å². The van der Waals surface area contributed by atoms with E-state index in [1.165, 1.54) is 24.3 Å². The van der Waals surface area contributed by atoms with Crippen molar-refractivity contribution in [2.24, 2.45) is 20.5 Å². The van der Waals surface area contributed by atoms with E-state index in [-0.39, 0.29) is 75.0 Å². The molecule has 59 heavy (non-hydrogen) atoms. The number of azo groups is 2. The molecule has 0 aliphatic rings. The maximum absolute atomic E-state index is 13.6. The number of carbonyl (C=O) groups is 4. The van der Waals surface area contributed by atoms with Crippen LogP contribution in [0.15, 0.2) is 66.4 Å². The Hall–Kier alpha value is -7.34. The van der Waals surface area contributed by atoms with E-state index < -0.39 is 33.9 Å². The lowest BCUT2D eigenvalue weighted by Gasteiger charge is -2.16. The van der Waals surface area contributed by atoms with Gasteiger partial charge in [-0.1, -0.05) is 64.2 Å². The standard InChI is InChI=1S/C35H32N12O10S2/c1-34(2,3)26-24(28(50)46(44-26)18-7-16(30(52)53)9-20(11-18)56-14-48)38-42-32-40-36-22(58-32)13-23-37-41-33(59-23)43-39-25-27(35(4,5)6)45-47(29(25)51)19-8-17(31(54)55)10-21(12-19)57-15-49/h7-12,14-15,44-45H,13H2,1-6H3,(H,52,53)(H,54,55). The van der Waals surface area contributed by atoms with Crippen LogP contribution < -0.4 is 20.6 Å². The first-order valence-corrected chi connectivity index (χ1v) is 18.7. The second-order valence-electron chi connectivity index (χ2n) is 14.5. The highest BCUT2D eigenvalue weighted by atomic mass is 32.1. The Morgan fingerprint density at radius 3 is 1.39 bits per heavy atom. The number of hydrogen-bond donors (Lipinski definition) is 4. The molecule has 4 aromatic heterocycles. The molecule has 0 bridgehead atoms. The van der Waals surface area contributed by atoms with Crippen molar-refractivity contribution in [2.45, 2.75) is 58.8 Å². The average molecular weight is 845 g/mol. The summed E-state index contributed by atoms with van der Waals surface area (Å²) in [5, 5.41) is 59.3. The fourth-order valence-electron chi connectivity index (χ4n) is 5.40. The summed E-state index contributed by atoms with van der Waals surface area (Å²) in [4.78, 5) is 72.6. The van der Waals surface area contributed by atoms with E-state index in [2.05, 4.69) is 51.0 Å². The number of aromatic amines is 2. The molecule has 24 heteroatoms. The molecule has 22 nitrogen and oxygen atoms in total. The fraction of sp³-hybridized carbons (Fsp3) is 0.257. The molecule has 0 amide bonds. The molecule has 0 fully saturated rings. The minimum Gasteiger partial charge on any atom is -0.478 e. The molecule has 0 saturated carbocycles. The van der Waals surface area contributed by atoms with Crippen LogP contribution in [0.5, 0.6) is 11.5 Å². The van der Waals surface area contributed by atoms with E-state index in [1.54, 1.807) is 0 Å². The van der Waals surface area contributed by atoms with Crippen LogP contribution in [0, 0.1) is 0 Å². The van der Waals surface area contributed by atoms with Gasteiger partial charge in [0.2, 0.25) is 0 Å². The van der Waals surface area contributed by atoms with Gasteiger partial charge in [-0.25, -0.2) is 19.0 Å². The lowest BCUT2D eigenvalue weighted by atomic mass is 9.91. The summed E-state index contributed by atoms with van der Waals surface area (Å²) in [6, 6.07) is 7.38. The topological polar surface area (TPSA) is 304 Å². The van der Waals surface area contributed by atoms with Crippen molar-refractivity contribution >= 4 is 69.2 Å². The molecule has 0 saturated heterocycles. The smallest absolute Gasteiger partial charge is 0.335 e. The lowest BCUT2D eigenvalue weighted by molar-refractivity contribution is -0.121. The second kappa shape index (κ2) is 16.3. The summed E-state index contributed by atoms with van der Waals surface area (Å²) in [6.07, 6.45) is 0.172. The van der Waals surface area contributed by atoms with E-state index in [4.69, 9.17) is 9.47 Å². The third kappa shape index (κ3) is 9.12. The zero-order valence-corrected chi connectivity index (χ0v) is 33.4. The number of rotatable bonds is 14. The third-order valence-corrected chi connectivity index (χ3v) is 9.69. The summed E-state index contributed by atoms with van der Waals surface area (Å²) in [7, 11) is 0. The first-order chi connectivity index (χ1) is 27.9. The molecular weight excluding hydrogens is 813 g/mol. The van der Waals surface area contributed by atoms with Crippen molar-refractivity contribution in [3.05, 3.63) is 89.6 Å². The van der Waals surface area contributed by atoms with Crippen LogP contribution in [0.1, 0.15) is 83.7 Å². The molecule has 4 N–H and O–H groups in total. The van der Waals surface area contributed by atoms with E-state index in [0.29, 0.717) is 21.4 Å². The Morgan fingerprint density at radius 2 is 1.05 bits per heavy atom. The maximum Gasteiger partial charge on any atom is 0.335 e. The molecule has 0 spiro atoms. The third-order valence-electron chi connectivity index (χ3n) is 8.08. The second-order valence-corrected chi connectivity index (χ2v) is 16.5. The van der Waals surface area contributed by atoms with Crippen LogP contribution in [0.3, 0.4) is 0 Å². The van der Waals surface area contributed by atoms with Crippen molar-refractivity contribution < 1.29 is 38.9 Å². The number of carboxylic acids is 2. The van der Waals surface area contributed by atoms with Crippen LogP contribution in [0.4, 0.5) is 21.6 Å². The first-order valence-electron chi connectivity index (χ1n) is 17.0. The van der Waals surface area contributed by atoms with Crippen LogP contribution in [-0.2, 0) is 26.8 Å². The maximum atomic E-state index is 13.6. The number of carboxylic acid groups (broad SMARTS) is 2. The number of hydrogen-bond acceptors (Lipinski definition) is 18. The first kappa shape index (κ1) is 41.3. The van der Waals surface area contributed by atoms with Crippen molar-refractivity contribution in [1.82, 2.24) is 40.0 Å². The van der Waals surface area contributed by atoms with Gasteiger partial charge >= 0.3 is 11.9 Å². The number of carbonyl (C=O) groups excluding carboxylic acids is 2. The summed E-state index contributed by atoms with van der Waals surface area (Å²) in [5.74, 6) is -2.78. The van der Waals surface area contributed by atoms with E-state index in [1.807, 2.05) is 41.5 Å². The van der Waals surface area contributed by atoms with Crippen LogP contribution in [-0.4, -0.2) is 75.1 Å². The number of aromatic carboxylic acids is 2. The van der Waals surface area contributed by atoms with Crippen LogP contribution >= 0.6 is 22.7 Å². The SMILES string of the molecule is CC(C)(C)c1[nH]n(-c2cc(OC=O)cc(C(=O)O)c2)c(=O)c1N=Nc1nnc(Cc2nnc(N=Nc3c(C(C)(C)C)[nH]n(-c4cc(OC=O)cc(C(=O)O)c4)c3=O)s2)s1. The molecule has 6 aromatic rings. The molecule has 0 atom stereocenters.